The standard InChI is InChI=1S/C19H16N2O5S/c1-25-13-5-3-4-12(10-13)21-18(24)14(17(23)20-19(21)27)8-11-6-7-16(26-2)15(22)9-11/h3-10,22H,1-2H3,(H,20,23,27). The van der Waals surface area contributed by atoms with E-state index in [0.717, 1.165) is 0 Å². The van der Waals surface area contributed by atoms with E-state index in [1.165, 1.54) is 37.3 Å². The first-order valence-corrected chi connectivity index (χ1v) is 8.28. The SMILES string of the molecule is COc1cccc(N2C(=O)C(=Cc3ccc(OC)c(O)c3)C(=O)NC2=S)c1. The summed E-state index contributed by atoms with van der Waals surface area (Å²) in [5.74, 6) is -0.455. The van der Waals surface area contributed by atoms with Gasteiger partial charge in [-0.2, -0.15) is 0 Å². The van der Waals surface area contributed by atoms with Crippen molar-refractivity contribution in [1.29, 1.82) is 0 Å². The van der Waals surface area contributed by atoms with Crippen molar-refractivity contribution in [1.82, 2.24) is 5.32 Å². The minimum atomic E-state index is -0.612. The highest BCUT2D eigenvalue weighted by Gasteiger charge is 2.34. The number of carbonyl (C=O) groups is 2. The van der Waals surface area contributed by atoms with Crippen LogP contribution in [0.15, 0.2) is 48.0 Å². The van der Waals surface area contributed by atoms with Gasteiger partial charge in [-0.3, -0.25) is 19.8 Å². The molecule has 1 aliphatic rings. The number of methoxy groups -OCH3 is 2. The molecule has 0 unspecified atom stereocenters. The van der Waals surface area contributed by atoms with E-state index in [4.69, 9.17) is 21.7 Å². The molecule has 0 bridgehead atoms. The van der Waals surface area contributed by atoms with Gasteiger partial charge in [0.15, 0.2) is 16.6 Å². The molecule has 0 saturated carbocycles. The van der Waals surface area contributed by atoms with E-state index in [2.05, 4.69) is 5.32 Å². The summed E-state index contributed by atoms with van der Waals surface area (Å²) in [5, 5.41) is 12.4. The lowest BCUT2D eigenvalue weighted by Gasteiger charge is -2.29. The van der Waals surface area contributed by atoms with E-state index in [9.17, 15) is 14.7 Å². The number of thiocarbonyl (C=S) groups is 1. The zero-order chi connectivity index (χ0) is 19.6. The molecular formula is C19H16N2O5S. The number of anilines is 1. The van der Waals surface area contributed by atoms with E-state index in [1.807, 2.05) is 0 Å². The van der Waals surface area contributed by atoms with Gasteiger partial charge in [-0.05, 0) is 48.1 Å². The zero-order valence-electron chi connectivity index (χ0n) is 14.6. The van der Waals surface area contributed by atoms with E-state index in [0.29, 0.717) is 17.0 Å². The van der Waals surface area contributed by atoms with Crippen LogP contribution in [0, 0.1) is 0 Å². The topological polar surface area (TPSA) is 88.1 Å². The predicted molar refractivity (Wildman–Crippen MR) is 104 cm³/mol. The van der Waals surface area contributed by atoms with Crippen LogP contribution in [0.3, 0.4) is 0 Å². The van der Waals surface area contributed by atoms with Crippen LogP contribution >= 0.6 is 12.2 Å². The van der Waals surface area contributed by atoms with Crippen molar-refractivity contribution in [3.8, 4) is 17.2 Å². The Kier molecular flexibility index (Phi) is 5.09. The second kappa shape index (κ2) is 7.46. The van der Waals surface area contributed by atoms with Crippen LogP contribution in [-0.4, -0.2) is 36.3 Å². The number of hydrogen-bond acceptors (Lipinski definition) is 6. The quantitative estimate of drug-likeness (QED) is 0.478. The first-order chi connectivity index (χ1) is 12.9. The van der Waals surface area contributed by atoms with Crippen molar-refractivity contribution in [3.05, 3.63) is 53.6 Å². The van der Waals surface area contributed by atoms with Gasteiger partial charge in [0.2, 0.25) is 0 Å². The van der Waals surface area contributed by atoms with E-state index in [1.54, 1.807) is 30.3 Å². The van der Waals surface area contributed by atoms with Crippen molar-refractivity contribution in [2.75, 3.05) is 19.1 Å². The number of benzene rings is 2. The van der Waals surface area contributed by atoms with Gasteiger partial charge < -0.3 is 14.6 Å². The molecule has 8 heteroatoms. The van der Waals surface area contributed by atoms with E-state index < -0.39 is 11.8 Å². The van der Waals surface area contributed by atoms with Gasteiger partial charge >= 0.3 is 0 Å². The number of aromatic hydroxyl groups is 1. The van der Waals surface area contributed by atoms with Gasteiger partial charge in [-0.1, -0.05) is 12.1 Å². The highest BCUT2D eigenvalue weighted by atomic mass is 32.1. The molecule has 1 saturated heterocycles. The number of phenols is 1. The summed E-state index contributed by atoms with van der Waals surface area (Å²) in [6.45, 7) is 0. The van der Waals surface area contributed by atoms with Gasteiger partial charge in [0, 0.05) is 6.07 Å². The fourth-order valence-electron chi connectivity index (χ4n) is 2.60. The largest absolute Gasteiger partial charge is 0.504 e. The van der Waals surface area contributed by atoms with E-state index in [-0.39, 0.29) is 22.2 Å². The summed E-state index contributed by atoms with van der Waals surface area (Å²) in [7, 11) is 2.94. The lowest BCUT2D eigenvalue weighted by Crippen LogP contribution is -2.54. The minimum Gasteiger partial charge on any atom is -0.504 e. The van der Waals surface area contributed by atoms with Gasteiger partial charge in [0.25, 0.3) is 11.8 Å². The molecule has 138 valence electrons. The maximum Gasteiger partial charge on any atom is 0.270 e. The van der Waals surface area contributed by atoms with Crippen molar-refractivity contribution in [3.63, 3.8) is 0 Å². The Morgan fingerprint density at radius 3 is 2.56 bits per heavy atom. The smallest absolute Gasteiger partial charge is 0.270 e. The molecule has 2 aromatic rings. The molecule has 2 N–H and O–H groups in total. The third kappa shape index (κ3) is 3.61. The molecular weight excluding hydrogens is 368 g/mol. The summed E-state index contributed by atoms with van der Waals surface area (Å²) in [4.78, 5) is 26.5. The zero-order valence-corrected chi connectivity index (χ0v) is 15.4. The van der Waals surface area contributed by atoms with Gasteiger partial charge in [0.05, 0.1) is 19.9 Å². The normalized spacial score (nSPS) is 15.7. The Labute approximate surface area is 160 Å². The lowest BCUT2D eigenvalue weighted by molar-refractivity contribution is -0.122. The summed E-state index contributed by atoms with van der Waals surface area (Å²) >= 11 is 5.16. The third-order valence-electron chi connectivity index (χ3n) is 3.93. The Bertz CT molecular complexity index is 970. The molecule has 1 heterocycles. The summed E-state index contributed by atoms with van der Waals surface area (Å²) in [5.41, 5.74) is 0.814. The Morgan fingerprint density at radius 1 is 1.11 bits per heavy atom. The van der Waals surface area contributed by atoms with E-state index >= 15 is 0 Å². The number of phenolic OH excluding ortho intramolecular Hbond substituents is 1. The second-order valence-corrected chi connectivity index (χ2v) is 5.98. The number of carbonyl (C=O) groups excluding carboxylic acids is 2. The Balaban J connectivity index is 2.00. The average Bonchev–Trinajstić information content (AvgIpc) is 2.65. The molecule has 2 amide bonds. The fraction of sp³-hybridized carbons (Fsp3) is 0.105. The van der Waals surface area contributed by atoms with Crippen LogP contribution in [0.2, 0.25) is 0 Å². The lowest BCUT2D eigenvalue weighted by atomic mass is 10.1. The molecule has 0 atom stereocenters. The Hall–Kier alpha value is -3.39. The highest BCUT2D eigenvalue weighted by Crippen LogP contribution is 2.29. The molecule has 1 aliphatic heterocycles. The molecule has 2 aromatic carbocycles. The summed E-state index contributed by atoms with van der Waals surface area (Å²) in [6.07, 6.45) is 1.38. The first-order valence-electron chi connectivity index (χ1n) is 7.87. The summed E-state index contributed by atoms with van der Waals surface area (Å²) in [6, 6.07) is 11.3. The van der Waals surface area contributed by atoms with Crippen LogP contribution in [0.5, 0.6) is 17.2 Å². The Morgan fingerprint density at radius 2 is 1.89 bits per heavy atom. The van der Waals surface area contributed by atoms with Crippen LogP contribution < -0.4 is 19.7 Å². The van der Waals surface area contributed by atoms with Crippen LogP contribution in [-0.2, 0) is 9.59 Å². The van der Waals surface area contributed by atoms with Crippen LogP contribution in [0.1, 0.15) is 5.56 Å². The molecule has 1 fully saturated rings. The maximum absolute atomic E-state index is 12.9. The van der Waals surface area contributed by atoms with Crippen molar-refractivity contribution >= 4 is 40.9 Å². The van der Waals surface area contributed by atoms with Gasteiger partial charge in [-0.25, -0.2) is 0 Å². The molecule has 0 spiro atoms. The van der Waals surface area contributed by atoms with Crippen LogP contribution in [0.4, 0.5) is 5.69 Å². The molecule has 3 rings (SSSR count). The van der Waals surface area contributed by atoms with Crippen LogP contribution in [0.25, 0.3) is 6.08 Å². The average molecular weight is 384 g/mol. The monoisotopic (exact) mass is 384 g/mol. The van der Waals surface area contributed by atoms with Crippen molar-refractivity contribution in [2.45, 2.75) is 0 Å². The fourth-order valence-corrected chi connectivity index (χ4v) is 2.89. The first kappa shape index (κ1) is 18.4. The predicted octanol–water partition coefficient (Wildman–Crippen LogP) is 2.24. The van der Waals surface area contributed by atoms with Gasteiger partial charge in [-0.15, -0.1) is 0 Å². The number of nitrogens with zero attached hydrogens (tertiary/aromatic N) is 1. The number of nitrogens with one attached hydrogen (secondary N) is 1. The molecule has 0 radical (unpaired) electrons. The molecule has 7 nitrogen and oxygen atoms in total. The molecule has 27 heavy (non-hydrogen) atoms. The number of rotatable bonds is 4. The number of hydrogen-bond donors (Lipinski definition) is 2. The van der Waals surface area contributed by atoms with Crippen molar-refractivity contribution < 1.29 is 24.2 Å². The third-order valence-corrected chi connectivity index (χ3v) is 4.21. The maximum atomic E-state index is 12.9. The number of amides is 2. The van der Waals surface area contributed by atoms with Gasteiger partial charge in [0.1, 0.15) is 11.3 Å². The summed E-state index contributed by atoms with van der Waals surface area (Å²) < 4.78 is 10.2. The molecule has 0 aliphatic carbocycles. The second-order valence-electron chi connectivity index (χ2n) is 5.59. The highest BCUT2D eigenvalue weighted by molar-refractivity contribution is 7.80. The van der Waals surface area contributed by atoms with Crippen molar-refractivity contribution in [2.24, 2.45) is 0 Å². The molecule has 0 aromatic heterocycles. The minimum absolute atomic E-state index is 0.0204. The number of ether oxygens (including phenoxy) is 2.